The van der Waals surface area contributed by atoms with Crippen LogP contribution < -0.4 is 10.1 Å². The standard InChI is InChI=1S/C18H17N3O2/c1-13-4-2-7-16(10-13)23-12-17(22)21-15-6-3-5-14(11-15)18-19-8-9-20-18/h2-11H,12H2,1H3,(H,19,20)(H,21,22). The lowest BCUT2D eigenvalue weighted by atomic mass is 10.2. The number of imidazole rings is 1. The van der Waals surface area contributed by atoms with Gasteiger partial charge < -0.3 is 15.0 Å². The minimum absolute atomic E-state index is 0.0333. The maximum atomic E-state index is 12.0. The smallest absolute Gasteiger partial charge is 0.262 e. The highest BCUT2D eigenvalue weighted by Crippen LogP contribution is 2.19. The number of hydrogen-bond donors (Lipinski definition) is 2. The zero-order valence-electron chi connectivity index (χ0n) is 12.7. The molecule has 0 spiro atoms. The van der Waals surface area contributed by atoms with Gasteiger partial charge >= 0.3 is 0 Å². The van der Waals surface area contributed by atoms with Crippen molar-refractivity contribution < 1.29 is 9.53 Å². The molecule has 116 valence electrons. The van der Waals surface area contributed by atoms with Crippen LogP contribution in [0.4, 0.5) is 5.69 Å². The van der Waals surface area contributed by atoms with Crippen molar-refractivity contribution in [1.82, 2.24) is 9.97 Å². The van der Waals surface area contributed by atoms with Crippen molar-refractivity contribution in [2.24, 2.45) is 0 Å². The van der Waals surface area contributed by atoms with Gasteiger partial charge in [-0.25, -0.2) is 4.98 Å². The predicted octanol–water partition coefficient (Wildman–Crippen LogP) is 3.40. The molecule has 0 unspecified atom stereocenters. The highest BCUT2D eigenvalue weighted by Gasteiger charge is 2.06. The Kier molecular flexibility index (Phi) is 4.38. The molecule has 0 aliphatic carbocycles. The second-order valence-corrected chi connectivity index (χ2v) is 5.17. The average Bonchev–Trinajstić information content (AvgIpc) is 3.08. The molecule has 5 nitrogen and oxygen atoms in total. The number of amides is 1. The fraction of sp³-hybridized carbons (Fsp3) is 0.111. The zero-order chi connectivity index (χ0) is 16.1. The highest BCUT2D eigenvalue weighted by atomic mass is 16.5. The lowest BCUT2D eigenvalue weighted by Crippen LogP contribution is -2.20. The number of aryl methyl sites for hydroxylation is 1. The lowest BCUT2D eigenvalue weighted by Gasteiger charge is -2.09. The Bertz CT molecular complexity index is 798. The molecule has 3 rings (SSSR count). The number of aromatic nitrogens is 2. The zero-order valence-corrected chi connectivity index (χ0v) is 12.7. The normalized spacial score (nSPS) is 10.3. The molecular weight excluding hydrogens is 290 g/mol. The topological polar surface area (TPSA) is 67.0 Å². The van der Waals surface area contributed by atoms with Gasteiger partial charge in [0.25, 0.3) is 5.91 Å². The monoisotopic (exact) mass is 307 g/mol. The van der Waals surface area contributed by atoms with Crippen molar-refractivity contribution >= 4 is 11.6 Å². The Balaban J connectivity index is 1.61. The molecule has 23 heavy (non-hydrogen) atoms. The van der Waals surface area contributed by atoms with Crippen LogP contribution in [-0.2, 0) is 4.79 Å². The molecule has 0 atom stereocenters. The van der Waals surface area contributed by atoms with Crippen LogP contribution in [-0.4, -0.2) is 22.5 Å². The first-order valence-corrected chi connectivity index (χ1v) is 7.30. The van der Waals surface area contributed by atoms with Crippen molar-refractivity contribution in [2.75, 3.05) is 11.9 Å². The van der Waals surface area contributed by atoms with Gasteiger partial charge in [0.05, 0.1) is 0 Å². The van der Waals surface area contributed by atoms with Gasteiger partial charge in [-0.15, -0.1) is 0 Å². The summed E-state index contributed by atoms with van der Waals surface area (Å²) in [4.78, 5) is 19.2. The van der Waals surface area contributed by atoms with E-state index in [0.717, 1.165) is 17.0 Å². The summed E-state index contributed by atoms with van der Waals surface area (Å²) in [6.45, 7) is 1.95. The van der Waals surface area contributed by atoms with Gasteiger partial charge in [0.1, 0.15) is 11.6 Å². The van der Waals surface area contributed by atoms with Gasteiger partial charge in [0, 0.05) is 23.6 Å². The van der Waals surface area contributed by atoms with E-state index in [4.69, 9.17) is 4.74 Å². The Morgan fingerprint density at radius 3 is 2.87 bits per heavy atom. The molecule has 1 heterocycles. The van der Waals surface area contributed by atoms with Crippen molar-refractivity contribution in [3.05, 3.63) is 66.5 Å². The molecule has 1 amide bonds. The summed E-state index contributed by atoms with van der Waals surface area (Å²) in [6, 6.07) is 15.1. The van der Waals surface area contributed by atoms with Crippen LogP contribution in [0.2, 0.25) is 0 Å². The van der Waals surface area contributed by atoms with Crippen LogP contribution in [0.5, 0.6) is 5.75 Å². The first kappa shape index (κ1) is 14.8. The first-order valence-electron chi connectivity index (χ1n) is 7.30. The number of benzene rings is 2. The highest BCUT2D eigenvalue weighted by molar-refractivity contribution is 5.92. The Hall–Kier alpha value is -3.08. The lowest BCUT2D eigenvalue weighted by molar-refractivity contribution is -0.118. The van der Waals surface area contributed by atoms with Crippen LogP contribution in [0, 0.1) is 6.92 Å². The molecule has 1 aromatic heterocycles. The summed E-state index contributed by atoms with van der Waals surface area (Å²) in [7, 11) is 0. The van der Waals surface area contributed by atoms with Crippen LogP contribution in [0.15, 0.2) is 60.9 Å². The number of carbonyl (C=O) groups is 1. The van der Waals surface area contributed by atoms with Crippen molar-refractivity contribution in [3.63, 3.8) is 0 Å². The van der Waals surface area contributed by atoms with Gasteiger partial charge in [0.2, 0.25) is 0 Å². The fourth-order valence-corrected chi connectivity index (χ4v) is 2.22. The fourth-order valence-electron chi connectivity index (χ4n) is 2.22. The van der Waals surface area contributed by atoms with E-state index in [1.54, 1.807) is 12.4 Å². The van der Waals surface area contributed by atoms with Crippen molar-refractivity contribution in [3.8, 4) is 17.1 Å². The Morgan fingerprint density at radius 1 is 1.22 bits per heavy atom. The number of aromatic amines is 1. The van der Waals surface area contributed by atoms with E-state index in [9.17, 15) is 4.79 Å². The molecular formula is C18H17N3O2. The average molecular weight is 307 g/mol. The predicted molar refractivity (Wildman–Crippen MR) is 89.3 cm³/mol. The third-order valence-electron chi connectivity index (χ3n) is 3.28. The van der Waals surface area contributed by atoms with Crippen LogP contribution in [0.1, 0.15) is 5.56 Å². The van der Waals surface area contributed by atoms with Gasteiger partial charge in [-0.3, -0.25) is 4.79 Å². The van der Waals surface area contributed by atoms with Crippen molar-refractivity contribution in [1.29, 1.82) is 0 Å². The second kappa shape index (κ2) is 6.79. The molecule has 2 aromatic carbocycles. The number of hydrogen-bond acceptors (Lipinski definition) is 3. The minimum Gasteiger partial charge on any atom is -0.484 e. The third-order valence-corrected chi connectivity index (χ3v) is 3.28. The molecule has 0 aliphatic heterocycles. The van der Waals surface area contributed by atoms with E-state index in [2.05, 4.69) is 15.3 Å². The molecule has 2 N–H and O–H groups in total. The molecule has 5 heteroatoms. The second-order valence-electron chi connectivity index (χ2n) is 5.17. The number of anilines is 1. The Morgan fingerprint density at radius 2 is 2.09 bits per heavy atom. The SMILES string of the molecule is Cc1cccc(OCC(=O)Nc2cccc(-c3ncc[nH]3)c2)c1. The molecule has 0 saturated heterocycles. The maximum absolute atomic E-state index is 12.0. The van der Waals surface area contributed by atoms with E-state index in [1.165, 1.54) is 0 Å². The van der Waals surface area contributed by atoms with Gasteiger partial charge in [-0.1, -0.05) is 24.3 Å². The molecule has 0 saturated carbocycles. The third kappa shape index (κ3) is 3.97. The van der Waals surface area contributed by atoms with E-state index in [1.807, 2.05) is 55.5 Å². The summed E-state index contributed by atoms with van der Waals surface area (Å²) in [5, 5.41) is 2.82. The quantitative estimate of drug-likeness (QED) is 0.759. The van der Waals surface area contributed by atoms with Crippen molar-refractivity contribution in [2.45, 2.75) is 6.92 Å². The number of nitrogens with one attached hydrogen (secondary N) is 2. The summed E-state index contributed by atoms with van der Waals surface area (Å²) in [6.07, 6.45) is 3.45. The van der Waals surface area contributed by atoms with E-state index >= 15 is 0 Å². The summed E-state index contributed by atoms with van der Waals surface area (Å²) in [5.74, 6) is 1.24. The molecule has 3 aromatic rings. The number of nitrogens with zero attached hydrogens (tertiary/aromatic N) is 1. The van der Waals surface area contributed by atoms with Gasteiger partial charge in [-0.05, 0) is 36.8 Å². The van der Waals surface area contributed by atoms with Crippen LogP contribution in [0.25, 0.3) is 11.4 Å². The first-order chi connectivity index (χ1) is 11.2. The molecule has 0 fully saturated rings. The number of rotatable bonds is 5. The van der Waals surface area contributed by atoms with Gasteiger partial charge in [0.15, 0.2) is 6.61 Å². The Labute approximate surface area is 134 Å². The van der Waals surface area contributed by atoms with Crippen LogP contribution >= 0.6 is 0 Å². The van der Waals surface area contributed by atoms with E-state index < -0.39 is 0 Å². The summed E-state index contributed by atoms with van der Waals surface area (Å²) in [5.41, 5.74) is 2.71. The molecule has 0 bridgehead atoms. The summed E-state index contributed by atoms with van der Waals surface area (Å²) >= 11 is 0. The molecule has 0 radical (unpaired) electrons. The number of ether oxygens (including phenoxy) is 1. The largest absolute Gasteiger partial charge is 0.484 e. The minimum atomic E-state index is -0.205. The van der Waals surface area contributed by atoms with E-state index in [0.29, 0.717) is 11.4 Å². The van der Waals surface area contributed by atoms with Gasteiger partial charge in [-0.2, -0.15) is 0 Å². The van der Waals surface area contributed by atoms with Crippen LogP contribution in [0.3, 0.4) is 0 Å². The maximum Gasteiger partial charge on any atom is 0.262 e. The van der Waals surface area contributed by atoms with E-state index in [-0.39, 0.29) is 12.5 Å². The number of carbonyl (C=O) groups excluding carboxylic acids is 1. The molecule has 0 aliphatic rings. The number of H-pyrrole nitrogens is 1. The summed E-state index contributed by atoms with van der Waals surface area (Å²) < 4.78 is 5.49.